The van der Waals surface area contributed by atoms with Gasteiger partial charge in [0.05, 0.1) is 10.7 Å². The van der Waals surface area contributed by atoms with E-state index in [9.17, 15) is 4.79 Å². The second-order valence-corrected chi connectivity index (χ2v) is 5.74. The van der Waals surface area contributed by atoms with Gasteiger partial charge in [-0.1, -0.05) is 23.7 Å². The van der Waals surface area contributed by atoms with Crippen molar-refractivity contribution in [3.63, 3.8) is 0 Å². The zero-order valence-corrected chi connectivity index (χ0v) is 11.3. The topological polar surface area (TPSA) is 40.5 Å². The Kier molecular flexibility index (Phi) is 3.23. The molecule has 1 heterocycles. The number of hydrogen-bond acceptors (Lipinski definition) is 2. The zero-order chi connectivity index (χ0) is 13.4. The Balaban J connectivity index is 1.97. The molecule has 1 aromatic rings. The summed E-state index contributed by atoms with van der Waals surface area (Å²) in [6, 6.07) is 6.23. The molecule has 1 aliphatic carbocycles. The first-order valence-corrected chi connectivity index (χ1v) is 6.99. The van der Waals surface area contributed by atoms with Crippen LogP contribution in [0, 0.1) is 5.92 Å². The van der Waals surface area contributed by atoms with Crippen molar-refractivity contribution in [2.75, 3.05) is 11.4 Å². The molecule has 0 spiro atoms. The Bertz CT molecular complexity index is 541. The highest BCUT2D eigenvalue weighted by Crippen LogP contribution is 2.43. The number of aliphatic carboxylic acids is 1. The van der Waals surface area contributed by atoms with Crippen LogP contribution in [0.5, 0.6) is 0 Å². The molecule has 1 N–H and O–H groups in total. The number of hydrogen-bond donors (Lipinski definition) is 1. The van der Waals surface area contributed by atoms with Gasteiger partial charge in [-0.15, -0.1) is 0 Å². The molecule has 0 amide bonds. The van der Waals surface area contributed by atoms with E-state index >= 15 is 0 Å². The van der Waals surface area contributed by atoms with Crippen LogP contribution >= 0.6 is 11.6 Å². The Morgan fingerprint density at radius 1 is 1.42 bits per heavy atom. The highest BCUT2D eigenvalue weighted by Gasteiger charge is 2.38. The van der Waals surface area contributed by atoms with Crippen LogP contribution in [0.4, 0.5) is 5.69 Å². The summed E-state index contributed by atoms with van der Waals surface area (Å²) in [4.78, 5) is 13.0. The van der Waals surface area contributed by atoms with Crippen LogP contribution in [0.2, 0.25) is 5.02 Å². The predicted molar refractivity (Wildman–Crippen MR) is 76.6 cm³/mol. The fourth-order valence-corrected chi connectivity index (χ4v) is 3.62. The third-order valence-corrected chi connectivity index (χ3v) is 4.42. The molecule has 2 bridgehead atoms. The molecule has 4 heteroatoms. The fourth-order valence-electron chi connectivity index (χ4n) is 3.33. The minimum absolute atomic E-state index is 0.571. The molecular formula is C15H16ClNO2. The summed E-state index contributed by atoms with van der Waals surface area (Å²) in [6.45, 7) is 1.04. The second kappa shape index (κ2) is 4.89. The van der Waals surface area contributed by atoms with Gasteiger partial charge in [0, 0.05) is 18.7 Å². The number of anilines is 1. The van der Waals surface area contributed by atoms with E-state index < -0.39 is 5.97 Å². The Hall–Kier alpha value is -1.48. The van der Waals surface area contributed by atoms with E-state index in [4.69, 9.17) is 16.7 Å². The van der Waals surface area contributed by atoms with Crippen molar-refractivity contribution < 1.29 is 9.90 Å². The Morgan fingerprint density at radius 3 is 2.89 bits per heavy atom. The maximum absolute atomic E-state index is 10.7. The number of halogens is 1. The second-order valence-electron chi connectivity index (χ2n) is 5.33. The molecule has 3 nitrogen and oxygen atoms in total. The van der Waals surface area contributed by atoms with E-state index in [2.05, 4.69) is 4.90 Å². The number of rotatable bonds is 3. The van der Waals surface area contributed by atoms with Crippen molar-refractivity contribution in [1.82, 2.24) is 0 Å². The van der Waals surface area contributed by atoms with Crippen LogP contribution in [-0.4, -0.2) is 23.7 Å². The summed E-state index contributed by atoms with van der Waals surface area (Å²) >= 11 is 6.34. The number of para-hydroxylation sites is 1. The van der Waals surface area contributed by atoms with E-state index in [1.807, 2.05) is 18.2 Å². The van der Waals surface area contributed by atoms with Gasteiger partial charge >= 0.3 is 5.97 Å². The molecule has 100 valence electrons. The van der Waals surface area contributed by atoms with E-state index in [1.165, 1.54) is 25.3 Å². The van der Waals surface area contributed by atoms with Crippen molar-refractivity contribution in [3.8, 4) is 0 Å². The van der Waals surface area contributed by atoms with Crippen LogP contribution in [-0.2, 0) is 4.79 Å². The number of carboxylic acid groups (broad SMARTS) is 1. The van der Waals surface area contributed by atoms with Gasteiger partial charge in [0.2, 0.25) is 0 Å². The van der Waals surface area contributed by atoms with Crippen molar-refractivity contribution in [2.45, 2.75) is 25.3 Å². The largest absolute Gasteiger partial charge is 0.478 e. The van der Waals surface area contributed by atoms with Crippen molar-refractivity contribution in [3.05, 3.63) is 34.9 Å². The lowest BCUT2D eigenvalue weighted by molar-refractivity contribution is -0.131. The van der Waals surface area contributed by atoms with Gasteiger partial charge in [-0.2, -0.15) is 0 Å². The summed E-state index contributed by atoms with van der Waals surface area (Å²) in [5.41, 5.74) is 1.89. The van der Waals surface area contributed by atoms with E-state index in [0.29, 0.717) is 11.1 Å². The van der Waals surface area contributed by atoms with Crippen LogP contribution in [0.1, 0.15) is 24.8 Å². The van der Waals surface area contributed by atoms with Gasteiger partial charge in [-0.25, -0.2) is 4.79 Å². The number of benzene rings is 1. The van der Waals surface area contributed by atoms with E-state index in [-0.39, 0.29) is 0 Å². The van der Waals surface area contributed by atoms with Gasteiger partial charge < -0.3 is 10.0 Å². The molecule has 1 aromatic carbocycles. The minimum atomic E-state index is -0.936. The third-order valence-electron chi connectivity index (χ3n) is 4.12. The molecule has 1 saturated heterocycles. The van der Waals surface area contributed by atoms with Crippen LogP contribution < -0.4 is 4.90 Å². The lowest BCUT2D eigenvalue weighted by Gasteiger charge is -2.31. The minimum Gasteiger partial charge on any atom is -0.478 e. The smallest absolute Gasteiger partial charge is 0.328 e. The van der Waals surface area contributed by atoms with Crippen LogP contribution in [0.15, 0.2) is 24.3 Å². The molecule has 19 heavy (non-hydrogen) atoms. The monoisotopic (exact) mass is 277 g/mol. The molecule has 2 unspecified atom stereocenters. The van der Waals surface area contributed by atoms with Crippen molar-refractivity contribution in [2.24, 2.45) is 5.92 Å². The molecule has 0 radical (unpaired) electrons. The molecule has 1 saturated carbocycles. The van der Waals surface area contributed by atoms with Crippen LogP contribution in [0.3, 0.4) is 0 Å². The zero-order valence-electron chi connectivity index (χ0n) is 10.6. The summed E-state index contributed by atoms with van der Waals surface area (Å²) in [5.74, 6) is -0.161. The normalized spacial score (nSPS) is 25.4. The van der Waals surface area contributed by atoms with Gasteiger partial charge in [0.25, 0.3) is 0 Å². The number of fused-ring (bicyclic) bond motifs is 2. The number of carboxylic acids is 1. The molecule has 2 aliphatic rings. The quantitative estimate of drug-likeness (QED) is 0.861. The Labute approximate surface area is 117 Å². The third kappa shape index (κ3) is 2.35. The highest BCUT2D eigenvalue weighted by atomic mass is 35.5. The lowest BCUT2D eigenvalue weighted by Crippen LogP contribution is -2.32. The number of carbonyl (C=O) groups is 1. The van der Waals surface area contributed by atoms with Gasteiger partial charge in [0.15, 0.2) is 0 Å². The fraction of sp³-hybridized carbons (Fsp3) is 0.400. The van der Waals surface area contributed by atoms with Gasteiger partial charge in [0.1, 0.15) is 0 Å². The average molecular weight is 278 g/mol. The summed E-state index contributed by atoms with van der Waals surface area (Å²) in [7, 11) is 0. The number of nitrogens with zero attached hydrogens (tertiary/aromatic N) is 1. The maximum atomic E-state index is 10.7. The molecule has 3 rings (SSSR count). The molecule has 1 aliphatic heterocycles. The molecule has 2 fully saturated rings. The lowest BCUT2D eigenvalue weighted by atomic mass is 10.1. The maximum Gasteiger partial charge on any atom is 0.328 e. The molecule has 0 aromatic heterocycles. The first kappa shape index (κ1) is 12.5. The summed E-state index contributed by atoms with van der Waals surface area (Å²) < 4.78 is 0. The highest BCUT2D eigenvalue weighted by molar-refractivity contribution is 6.33. The van der Waals surface area contributed by atoms with Crippen LogP contribution in [0.25, 0.3) is 6.08 Å². The number of piperidine rings is 1. The average Bonchev–Trinajstić information content (AvgIpc) is 2.98. The Morgan fingerprint density at radius 2 is 2.26 bits per heavy atom. The SMILES string of the molecule is O=C(O)/C=C/c1cccc(Cl)c1N1CC2CCC1C2. The van der Waals surface area contributed by atoms with E-state index in [1.54, 1.807) is 6.08 Å². The molecular weight excluding hydrogens is 262 g/mol. The molecule has 2 atom stereocenters. The van der Waals surface area contributed by atoms with Gasteiger partial charge in [-0.3, -0.25) is 0 Å². The van der Waals surface area contributed by atoms with Crippen molar-refractivity contribution >= 4 is 29.3 Å². The van der Waals surface area contributed by atoms with E-state index in [0.717, 1.165) is 23.7 Å². The first-order valence-electron chi connectivity index (χ1n) is 6.61. The van der Waals surface area contributed by atoms with Gasteiger partial charge in [-0.05, 0) is 42.9 Å². The summed E-state index contributed by atoms with van der Waals surface area (Å²) in [6.07, 6.45) is 6.58. The standard InChI is InChI=1S/C15H16ClNO2/c16-13-3-1-2-11(5-7-14(18)19)15(13)17-9-10-4-6-12(17)8-10/h1-3,5,7,10,12H,4,6,8-9H2,(H,18,19)/b7-5+. The summed E-state index contributed by atoms with van der Waals surface area (Å²) in [5, 5.41) is 9.48. The first-order chi connectivity index (χ1) is 9.15. The predicted octanol–water partition coefficient (Wildman–Crippen LogP) is 3.43. The van der Waals surface area contributed by atoms with Crippen molar-refractivity contribution in [1.29, 1.82) is 0 Å².